The van der Waals surface area contributed by atoms with Crippen molar-refractivity contribution in [3.8, 4) is 0 Å². The molecule has 1 saturated heterocycles. The topological polar surface area (TPSA) is 0 Å². The Balaban J connectivity index is 2.07. The molecule has 86 valence electrons. The van der Waals surface area contributed by atoms with Crippen LogP contribution in [0.5, 0.6) is 0 Å². The van der Waals surface area contributed by atoms with Gasteiger partial charge in [0.15, 0.2) is 0 Å². The van der Waals surface area contributed by atoms with Crippen LogP contribution in [0.2, 0.25) is 0 Å². The molecule has 0 aromatic carbocycles. The zero-order chi connectivity index (χ0) is 10.9. The zero-order valence-corrected chi connectivity index (χ0v) is 11.7. The molecular weight excluding hydrogens is 220 g/mol. The lowest BCUT2D eigenvalue weighted by atomic mass is 9.72. The summed E-state index contributed by atoms with van der Waals surface area (Å²) < 4.78 is 0.804. The van der Waals surface area contributed by atoms with Gasteiger partial charge < -0.3 is 0 Å². The monoisotopic (exact) mass is 242 g/mol. The van der Waals surface area contributed by atoms with E-state index in [0.717, 1.165) is 4.58 Å². The van der Waals surface area contributed by atoms with Crippen LogP contribution in [0.3, 0.4) is 0 Å². The van der Waals surface area contributed by atoms with Crippen LogP contribution in [-0.2, 0) is 0 Å². The largest absolute Gasteiger partial charge is 0.147 e. The van der Waals surface area contributed by atoms with Gasteiger partial charge >= 0.3 is 0 Å². The Bertz CT molecular complexity index is 251. The van der Waals surface area contributed by atoms with Crippen LogP contribution in [0.1, 0.15) is 40.0 Å². The van der Waals surface area contributed by atoms with E-state index in [1.54, 1.807) is 0 Å². The maximum atomic E-state index is 2.51. The predicted molar refractivity (Wildman–Crippen MR) is 73.6 cm³/mol. The van der Waals surface area contributed by atoms with Crippen LogP contribution < -0.4 is 0 Å². The Morgan fingerprint density at radius 3 is 2.20 bits per heavy atom. The lowest BCUT2D eigenvalue weighted by molar-refractivity contribution is 0.296. The third-order valence-electron chi connectivity index (χ3n) is 3.59. The number of allylic oxidation sites excluding steroid dienone is 2. The van der Waals surface area contributed by atoms with E-state index >= 15 is 0 Å². The van der Waals surface area contributed by atoms with Gasteiger partial charge in [0.25, 0.3) is 0 Å². The molecule has 0 radical (unpaired) electrons. The van der Waals surface area contributed by atoms with Crippen molar-refractivity contribution in [2.75, 3.05) is 11.5 Å². The van der Waals surface area contributed by atoms with Gasteiger partial charge in [-0.25, -0.2) is 0 Å². The highest BCUT2D eigenvalue weighted by molar-refractivity contribution is 8.17. The lowest BCUT2D eigenvalue weighted by Crippen LogP contribution is -2.32. The van der Waals surface area contributed by atoms with E-state index in [4.69, 9.17) is 0 Å². The SMILES string of the molecule is CC1(C)C=CC(C)(C2SCCCS2)CC1. The van der Waals surface area contributed by atoms with Crippen LogP contribution in [0.15, 0.2) is 12.2 Å². The van der Waals surface area contributed by atoms with Crippen LogP contribution in [0.4, 0.5) is 0 Å². The second kappa shape index (κ2) is 4.37. The Labute approximate surface area is 103 Å². The van der Waals surface area contributed by atoms with Gasteiger partial charge in [-0.05, 0) is 36.2 Å². The van der Waals surface area contributed by atoms with Crippen molar-refractivity contribution in [1.82, 2.24) is 0 Å². The van der Waals surface area contributed by atoms with Crippen molar-refractivity contribution in [3.05, 3.63) is 12.2 Å². The van der Waals surface area contributed by atoms with Crippen molar-refractivity contribution in [2.45, 2.75) is 44.6 Å². The van der Waals surface area contributed by atoms with Crippen LogP contribution in [-0.4, -0.2) is 16.1 Å². The minimum Gasteiger partial charge on any atom is -0.147 e. The molecule has 0 aromatic rings. The molecule has 1 unspecified atom stereocenters. The first-order valence-corrected chi connectivity index (χ1v) is 8.05. The fourth-order valence-electron chi connectivity index (χ4n) is 2.24. The summed E-state index contributed by atoms with van der Waals surface area (Å²) in [4.78, 5) is 0. The summed E-state index contributed by atoms with van der Waals surface area (Å²) in [6.45, 7) is 7.16. The highest BCUT2D eigenvalue weighted by Gasteiger charge is 2.37. The number of rotatable bonds is 1. The van der Waals surface area contributed by atoms with Crippen molar-refractivity contribution in [3.63, 3.8) is 0 Å². The molecule has 1 fully saturated rings. The van der Waals surface area contributed by atoms with Gasteiger partial charge in [0.1, 0.15) is 0 Å². The van der Waals surface area contributed by atoms with Crippen molar-refractivity contribution >= 4 is 23.5 Å². The standard InChI is InChI=1S/C13H22S2/c1-12(2)5-7-13(3,8-6-12)11-14-9-4-10-15-11/h5,7,11H,4,6,8-10H2,1-3H3. The van der Waals surface area contributed by atoms with Crippen molar-refractivity contribution in [1.29, 1.82) is 0 Å². The molecule has 1 aliphatic carbocycles. The van der Waals surface area contributed by atoms with Gasteiger partial charge in [-0.15, -0.1) is 23.5 Å². The molecule has 0 nitrogen and oxygen atoms in total. The summed E-state index contributed by atoms with van der Waals surface area (Å²) in [6.07, 6.45) is 9.06. The summed E-state index contributed by atoms with van der Waals surface area (Å²) >= 11 is 4.36. The first kappa shape index (κ1) is 11.9. The normalized spacial score (nSPS) is 36.7. The van der Waals surface area contributed by atoms with Crippen LogP contribution in [0.25, 0.3) is 0 Å². The van der Waals surface area contributed by atoms with E-state index in [9.17, 15) is 0 Å². The molecule has 1 heterocycles. The molecule has 0 spiro atoms. The second-order valence-corrected chi connectivity index (χ2v) is 8.48. The minimum absolute atomic E-state index is 0.434. The molecule has 0 aromatic heterocycles. The molecule has 0 amide bonds. The Morgan fingerprint density at radius 1 is 1.00 bits per heavy atom. The average Bonchev–Trinajstić information content (AvgIpc) is 2.24. The lowest BCUT2D eigenvalue weighted by Gasteiger charge is -2.42. The van der Waals surface area contributed by atoms with Crippen molar-refractivity contribution < 1.29 is 0 Å². The Hall–Kier alpha value is 0.440. The predicted octanol–water partition coefficient (Wildman–Crippen LogP) is 4.57. The number of hydrogen-bond acceptors (Lipinski definition) is 2. The highest BCUT2D eigenvalue weighted by Crippen LogP contribution is 2.50. The van der Waals surface area contributed by atoms with E-state index in [0.29, 0.717) is 10.8 Å². The average molecular weight is 242 g/mol. The second-order valence-electron chi connectivity index (χ2n) is 5.75. The van der Waals surface area contributed by atoms with Gasteiger partial charge in [0.05, 0.1) is 4.58 Å². The van der Waals surface area contributed by atoms with Gasteiger partial charge in [0, 0.05) is 5.41 Å². The maximum absolute atomic E-state index is 2.51. The molecule has 0 N–H and O–H groups in total. The smallest absolute Gasteiger partial charge is 0.0590 e. The van der Waals surface area contributed by atoms with Gasteiger partial charge in [-0.1, -0.05) is 32.9 Å². The van der Waals surface area contributed by atoms with Crippen LogP contribution >= 0.6 is 23.5 Å². The third-order valence-corrected chi connectivity index (χ3v) is 7.14. The zero-order valence-electron chi connectivity index (χ0n) is 10.1. The first-order valence-electron chi connectivity index (χ1n) is 5.96. The molecule has 0 bridgehead atoms. The summed E-state index contributed by atoms with van der Waals surface area (Å²) in [5.41, 5.74) is 0.884. The Morgan fingerprint density at radius 2 is 1.67 bits per heavy atom. The molecule has 2 rings (SSSR count). The van der Waals surface area contributed by atoms with E-state index in [1.807, 2.05) is 0 Å². The first-order chi connectivity index (χ1) is 7.02. The summed E-state index contributed by atoms with van der Waals surface area (Å²) in [6, 6.07) is 0. The quantitative estimate of drug-likeness (QED) is 0.618. The highest BCUT2D eigenvalue weighted by atomic mass is 32.2. The van der Waals surface area contributed by atoms with E-state index in [-0.39, 0.29) is 0 Å². The molecule has 1 atom stereocenters. The molecule has 15 heavy (non-hydrogen) atoms. The summed E-state index contributed by atoms with van der Waals surface area (Å²) in [5.74, 6) is 2.73. The van der Waals surface area contributed by atoms with Gasteiger partial charge in [-0.2, -0.15) is 0 Å². The third kappa shape index (κ3) is 2.76. The molecule has 2 heteroatoms. The van der Waals surface area contributed by atoms with Gasteiger partial charge in [-0.3, -0.25) is 0 Å². The Kier molecular flexibility index (Phi) is 3.47. The fraction of sp³-hybridized carbons (Fsp3) is 0.846. The molecule has 0 saturated carbocycles. The van der Waals surface area contributed by atoms with Crippen LogP contribution in [0, 0.1) is 10.8 Å². The van der Waals surface area contributed by atoms with Crippen molar-refractivity contribution in [2.24, 2.45) is 10.8 Å². The molecule has 1 aliphatic heterocycles. The number of hydrogen-bond donors (Lipinski definition) is 0. The maximum Gasteiger partial charge on any atom is 0.0590 e. The van der Waals surface area contributed by atoms with Gasteiger partial charge in [0.2, 0.25) is 0 Å². The summed E-state index contributed by atoms with van der Waals surface area (Å²) in [5, 5.41) is 0. The minimum atomic E-state index is 0.434. The molecular formula is C13H22S2. The fourth-order valence-corrected chi connectivity index (χ4v) is 5.59. The molecule has 2 aliphatic rings. The van der Waals surface area contributed by atoms with E-state index < -0.39 is 0 Å². The summed E-state index contributed by atoms with van der Waals surface area (Å²) in [7, 11) is 0. The van der Waals surface area contributed by atoms with E-state index in [1.165, 1.54) is 30.8 Å². The number of thioether (sulfide) groups is 2. The van der Waals surface area contributed by atoms with E-state index in [2.05, 4.69) is 56.4 Å².